The molecule has 0 unspecified atom stereocenters. The summed E-state index contributed by atoms with van der Waals surface area (Å²) in [4.78, 5) is 10.5. The van der Waals surface area contributed by atoms with E-state index in [4.69, 9.17) is 5.73 Å². The van der Waals surface area contributed by atoms with E-state index < -0.39 is 12.0 Å². The van der Waals surface area contributed by atoms with E-state index in [-0.39, 0.29) is 5.92 Å². The maximum atomic E-state index is 10.5. The van der Waals surface area contributed by atoms with Crippen molar-refractivity contribution in [3.8, 4) is 0 Å². The van der Waals surface area contributed by atoms with Gasteiger partial charge in [-0.15, -0.1) is 0 Å². The van der Waals surface area contributed by atoms with Crippen molar-refractivity contribution in [2.45, 2.75) is 19.9 Å². The number of hydrogen-bond acceptors (Lipinski definition) is 2. The Morgan fingerprint density at radius 3 is 2.22 bits per heavy atom. The third-order valence-electron chi connectivity index (χ3n) is 1.13. The molecular formula is C6H12NO2+. The molecule has 1 atom stereocenters. The summed E-state index contributed by atoms with van der Waals surface area (Å²) in [6.07, 6.45) is 0. The molecule has 9 heavy (non-hydrogen) atoms. The number of nitrogens with two attached hydrogens (primary N) is 1. The number of rotatable bonds is 2. The quantitative estimate of drug-likeness (QED) is 0.529. The van der Waals surface area contributed by atoms with Gasteiger partial charge in [0.1, 0.15) is 0 Å². The van der Waals surface area contributed by atoms with Crippen LogP contribution < -0.4 is 5.73 Å². The third-order valence-corrected chi connectivity index (χ3v) is 1.13. The summed E-state index contributed by atoms with van der Waals surface area (Å²) in [7, 11) is 0. The van der Waals surface area contributed by atoms with Gasteiger partial charge in [-0.25, -0.2) is 0 Å². The van der Waals surface area contributed by atoms with Crippen molar-refractivity contribution in [1.82, 2.24) is 0 Å². The highest BCUT2D eigenvalue weighted by molar-refractivity contribution is 5.72. The molecule has 0 aliphatic rings. The average Bonchev–Trinajstić information content (AvgIpc) is 1.84. The Hall–Kier alpha value is -0.700. The zero-order chi connectivity index (χ0) is 7.44. The molecule has 0 rings (SSSR count). The van der Waals surface area contributed by atoms with Crippen LogP contribution in [0.4, 0.5) is 0 Å². The average molecular weight is 130 g/mol. The third kappa shape index (κ3) is 2.37. The van der Waals surface area contributed by atoms with Crippen molar-refractivity contribution in [2.24, 2.45) is 11.7 Å². The van der Waals surface area contributed by atoms with Gasteiger partial charge in [0.2, 0.25) is 0 Å². The minimum atomic E-state index is -0.539. The first-order valence-electron chi connectivity index (χ1n) is 2.81. The van der Waals surface area contributed by atoms with Gasteiger partial charge in [-0.2, -0.15) is 0 Å². The predicted octanol–water partition coefficient (Wildman–Crippen LogP) is -0.139. The summed E-state index contributed by atoms with van der Waals surface area (Å²) >= 11 is 0. The monoisotopic (exact) mass is 130 g/mol. The molecule has 52 valence electrons. The summed E-state index contributed by atoms with van der Waals surface area (Å²) in [6, 6.07) is -0.539. The van der Waals surface area contributed by atoms with Gasteiger partial charge in [-0.05, 0) is 5.92 Å². The van der Waals surface area contributed by atoms with Crippen LogP contribution in [0.15, 0.2) is 0 Å². The molecule has 3 heteroatoms. The molecular weight excluding hydrogens is 118 g/mol. The maximum Gasteiger partial charge on any atom is 0.596 e. The highest BCUT2D eigenvalue weighted by Gasteiger charge is 2.26. The van der Waals surface area contributed by atoms with Gasteiger partial charge in [0.05, 0.1) is 4.79 Å². The smallest absolute Gasteiger partial charge is 0.313 e. The van der Waals surface area contributed by atoms with Gasteiger partial charge in [-0.1, -0.05) is 13.8 Å². The van der Waals surface area contributed by atoms with E-state index in [0.29, 0.717) is 0 Å². The lowest BCUT2D eigenvalue weighted by Crippen LogP contribution is -2.35. The Kier molecular flexibility index (Phi) is 3.09. The summed E-state index contributed by atoms with van der Waals surface area (Å²) < 4.78 is 4.16. The Morgan fingerprint density at radius 2 is 2.11 bits per heavy atom. The minimum Gasteiger partial charge on any atom is -0.313 e. The molecule has 0 bridgehead atoms. The second-order valence-corrected chi connectivity index (χ2v) is 2.23. The normalized spacial score (nSPS) is 13.3. The molecule has 3 nitrogen and oxygen atoms in total. The van der Waals surface area contributed by atoms with E-state index in [1.165, 1.54) is 0 Å². The summed E-state index contributed by atoms with van der Waals surface area (Å²) in [6.45, 7) is 6.66. The minimum absolute atomic E-state index is 0.110. The maximum absolute atomic E-state index is 10.5. The number of hydrogen-bond donors (Lipinski definition) is 1. The molecule has 0 saturated carbocycles. The fourth-order valence-corrected chi connectivity index (χ4v) is 0.368. The van der Waals surface area contributed by atoms with Gasteiger partial charge in [0.25, 0.3) is 0 Å². The fourth-order valence-electron chi connectivity index (χ4n) is 0.368. The Labute approximate surface area is 54.5 Å². The Bertz CT molecular complexity index is 120. The largest absolute Gasteiger partial charge is 0.596 e. The number of carbonyl (C=O) groups is 1. The summed E-state index contributed by atoms with van der Waals surface area (Å²) in [5.41, 5.74) is 5.36. The standard InChI is InChI=1S/C6H12NO2/c1-4(2)5(7)6(8)9-3/h4-5H,3,7H2,1-2H3/q+1/t5-/m0/s1. The van der Waals surface area contributed by atoms with E-state index >= 15 is 0 Å². The molecule has 0 aromatic carbocycles. The van der Waals surface area contributed by atoms with Crippen LogP contribution in [-0.4, -0.2) is 18.8 Å². The van der Waals surface area contributed by atoms with Crippen LogP contribution in [0.1, 0.15) is 13.8 Å². The summed E-state index contributed by atoms with van der Waals surface area (Å²) in [5.74, 6) is -0.343. The first kappa shape index (κ1) is 8.30. The molecule has 2 N–H and O–H groups in total. The molecule has 0 aromatic rings. The topological polar surface area (TPSA) is 54.4 Å². The van der Waals surface area contributed by atoms with Crippen molar-refractivity contribution in [3.63, 3.8) is 0 Å². The molecule has 0 amide bonds. The van der Waals surface area contributed by atoms with Crippen molar-refractivity contribution in [2.75, 3.05) is 0 Å². The Balaban J connectivity index is 3.87. The van der Waals surface area contributed by atoms with Crippen molar-refractivity contribution < 1.29 is 9.22 Å². The zero-order valence-electron chi connectivity index (χ0n) is 5.76. The molecule has 0 fully saturated rings. The fraction of sp³-hybridized carbons (Fsp3) is 0.667. The second-order valence-electron chi connectivity index (χ2n) is 2.23. The molecule has 0 radical (unpaired) electrons. The molecule has 0 heterocycles. The van der Waals surface area contributed by atoms with E-state index in [1.54, 1.807) is 0 Å². The zero-order valence-corrected chi connectivity index (χ0v) is 5.76. The first-order valence-corrected chi connectivity index (χ1v) is 2.81. The molecule has 0 aromatic heterocycles. The van der Waals surface area contributed by atoms with Gasteiger partial charge < -0.3 is 5.73 Å². The Morgan fingerprint density at radius 1 is 1.67 bits per heavy atom. The molecule has 0 saturated heterocycles. The SMILES string of the molecule is C=[O+]C(=O)[C@@H](N)C(C)C. The highest BCUT2D eigenvalue weighted by Crippen LogP contribution is 1.97. The van der Waals surface area contributed by atoms with E-state index in [9.17, 15) is 4.79 Å². The van der Waals surface area contributed by atoms with E-state index in [2.05, 4.69) is 11.2 Å². The molecule has 0 aliphatic heterocycles. The lowest BCUT2D eigenvalue weighted by Gasteiger charge is -2.02. The van der Waals surface area contributed by atoms with Crippen molar-refractivity contribution >= 4 is 12.8 Å². The van der Waals surface area contributed by atoms with Gasteiger partial charge in [-0.3, -0.25) is 4.42 Å². The predicted molar refractivity (Wildman–Crippen MR) is 34.9 cm³/mol. The molecule has 0 aliphatic carbocycles. The van der Waals surface area contributed by atoms with Crippen molar-refractivity contribution in [3.05, 3.63) is 0 Å². The number of carbonyl (C=O) groups excluding carboxylic acids is 2. The lowest BCUT2D eigenvalue weighted by molar-refractivity contribution is -0.371. The lowest BCUT2D eigenvalue weighted by atomic mass is 10.1. The van der Waals surface area contributed by atoms with Crippen LogP contribution in [0.5, 0.6) is 0 Å². The van der Waals surface area contributed by atoms with Crippen LogP contribution in [0, 0.1) is 5.92 Å². The highest BCUT2D eigenvalue weighted by atomic mass is 16.4. The van der Waals surface area contributed by atoms with Crippen LogP contribution in [0.25, 0.3) is 0 Å². The molecule has 0 spiro atoms. The van der Waals surface area contributed by atoms with Gasteiger partial charge in [0.15, 0.2) is 12.8 Å². The van der Waals surface area contributed by atoms with Crippen LogP contribution in [0.3, 0.4) is 0 Å². The van der Waals surface area contributed by atoms with E-state index in [1.807, 2.05) is 13.8 Å². The van der Waals surface area contributed by atoms with Crippen molar-refractivity contribution in [1.29, 1.82) is 0 Å². The van der Waals surface area contributed by atoms with Crippen LogP contribution in [-0.2, 0) is 9.22 Å². The second kappa shape index (κ2) is 3.35. The van der Waals surface area contributed by atoms with Gasteiger partial charge in [0, 0.05) is 0 Å². The first-order chi connectivity index (χ1) is 4.09. The van der Waals surface area contributed by atoms with Gasteiger partial charge >= 0.3 is 5.97 Å². The van der Waals surface area contributed by atoms with Crippen LogP contribution in [0.2, 0.25) is 0 Å². The van der Waals surface area contributed by atoms with Crippen LogP contribution >= 0.6 is 0 Å². The summed E-state index contributed by atoms with van der Waals surface area (Å²) in [5, 5.41) is 0. The van der Waals surface area contributed by atoms with E-state index in [0.717, 1.165) is 0 Å².